The quantitative estimate of drug-likeness (QED) is 0.802. The van der Waals surface area contributed by atoms with Gasteiger partial charge in [0.25, 0.3) is 0 Å². The standard InChI is InChI=1S/C15H24N2O2.ClH/c1-13(2)12-17(9-10-19-3)15(18)11-16-14-7-5-4-6-8-14;/h4-8,13,16H,9-12H2,1-3H3;1H. The van der Waals surface area contributed by atoms with Crippen LogP contribution >= 0.6 is 12.4 Å². The van der Waals surface area contributed by atoms with E-state index in [4.69, 9.17) is 4.74 Å². The lowest BCUT2D eigenvalue weighted by molar-refractivity contribution is -0.130. The SMILES string of the molecule is COCCN(CC(C)C)C(=O)CNc1ccccc1.Cl. The van der Waals surface area contributed by atoms with Crippen LogP contribution in [0.25, 0.3) is 0 Å². The zero-order valence-corrected chi connectivity index (χ0v) is 13.3. The summed E-state index contributed by atoms with van der Waals surface area (Å²) in [5, 5.41) is 3.14. The van der Waals surface area contributed by atoms with Gasteiger partial charge in [-0.1, -0.05) is 32.0 Å². The largest absolute Gasteiger partial charge is 0.383 e. The first-order chi connectivity index (χ1) is 9.13. The molecular weight excluding hydrogens is 276 g/mol. The first-order valence-corrected chi connectivity index (χ1v) is 6.69. The number of benzene rings is 1. The topological polar surface area (TPSA) is 41.6 Å². The zero-order chi connectivity index (χ0) is 14.1. The fraction of sp³-hybridized carbons (Fsp3) is 0.533. The predicted octanol–water partition coefficient (Wildman–Crippen LogP) is 2.65. The Morgan fingerprint density at radius 2 is 1.95 bits per heavy atom. The fourth-order valence-electron chi connectivity index (χ4n) is 1.81. The van der Waals surface area contributed by atoms with E-state index in [0.29, 0.717) is 25.6 Å². The molecule has 0 atom stereocenters. The van der Waals surface area contributed by atoms with Gasteiger partial charge in [0.15, 0.2) is 0 Å². The molecular formula is C15H25ClN2O2. The second kappa shape index (κ2) is 10.5. The molecule has 0 aromatic heterocycles. The Bertz CT molecular complexity index is 371. The Balaban J connectivity index is 0.00000361. The van der Waals surface area contributed by atoms with Gasteiger partial charge in [0.1, 0.15) is 0 Å². The van der Waals surface area contributed by atoms with Crippen LogP contribution in [0.1, 0.15) is 13.8 Å². The van der Waals surface area contributed by atoms with E-state index in [2.05, 4.69) is 19.2 Å². The van der Waals surface area contributed by atoms with Gasteiger partial charge in [-0.15, -0.1) is 12.4 Å². The average molecular weight is 301 g/mol. The van der Waals surface area contributed by atoms with E-state index < -0.39 is 0 Å². The minimum Gasteiger partial charge on any atom is -0.383 e. The molecule has 1 aromatic rings. The van der Waals surface area contributed by atoms with Crippen LogP contribution in [0.4, 0.5) is 5.69 Å². The fourth-order valence-corrected chi connectivity index (χ4v) is 1.81. The van der Waals surface area contributed by atoms with Crippen LogP contribution in [-0.2, 0) is 9.53 Å². The molecule has 0 unspecified atom stereocenters. The van der Waals surface area contributed by atoms with Crippen LogP contribution in [0.2, 0.25) is 0 Å². The average Bonchev–Trinajstić information content (AvgIpc) is 2.41. The minimum absolute atomic E-state index is 0. The van der Waals surface area contributed by atoms with Crippen LogP contribution in [-0.4, -0.2) is 44.2 Å². The monoisotopic (exact) mass is 300 g/mol. The molecule has 1 rings (SSSR count). The number of carbonyl (C=O) groups excluding carboxylic acids is 1. The lowest BCUT2D eigenvalue weighted by Crippen LogP contribution is -2.40. The van der Waals surface area contributed by atoms with E-state index in [0.717, 1.165) is 12.2 Å². The molecule has 114 valence electrons. The molecule has 0 saturated heterocycles. The zero-order valence-electron chi connectivity index (χ0n) is 12.5. The number of anilines is 1. The summed E-state index contributed by atoms with van der Waals surface area (Å²) in [5.41, 5.74) is 0.965. The van der Waals surface area contributed by atoms with Gasteiger partial charge in [0.05, 0.1) is 13.2 Å². The summed E-state index contributed by atoms with van der Waals surface area (Å²) in [6.07, 6.45) is 0. The molecule has 0 radical (unpaired) electrons. The second-order valence-corrected chi connectivity index (χ2v) is 4.95. The third-order valence-electron chi connectivity index (χ3n) is 2.72. The Labute approximate surface area is 127 Å². The van der Waals surface area contributed by atoms with Crippen molar-refractivity contribution >= 4 is 24.0 Å². The van der Waals surface area contributed by atoms with Crippen LogP contribution in [0.3, 0.4) is 0 Å². The van der Waals surface area contributed by atoms with E-state index >= 15 is 0 Å². The van der Waals surface area contributed by atoms with Crippen molar-refractivity contribution in [3.63, 3.8) is 0 Å². The summed E-state index contributed by atoms with van der Waals surface area (Å²) >= 11 is 0. The molecule has 0 spiro atoms. The van der Waals surface area contributed by atoms with Crippen LogP contribution in [0.15, 0.2) is 30.3 Å². The van der Waals surface area contributed by atoms with Crippen molar-refractivity contribution < 1.29 is 9.53 Å². The summed E-state index contributed by atoms with van der Waals surface area (Å²) < 4.78 is 5.05. The van der Waals surface area contributed by atoms with E-state index in [-0.39, 0.29) is 18.3 Å². The van der Waals surface area contributed by atoms with Crippen molar-refractivity contribution in [3.8, 4) is 0 Å². The van der Waals surface area contributed by atoms with E-state index in [1.54, 1.807) is 7.11 Å². The number of rotatable bonds is 8. The maximum atomic E-state index is 12.2. The lowest BCUT2D eigenvalue weighted by Gasteiger charge is -2.24. The number of ether oxygens (including phenoxy) is 1. The maximum absolute atomic E-state index is 12.2. The third-order valence-corrected chi connectivity index (χ3v) is 2.72. The second-order valence-electron chi connectivity index (χ2n) is 4.95. The number of halogens is 1. The smallest absolute Gasteiger partial charge is 0.241 e. The van der Waals surface area contributed by atoms with E-state index in [1.165, 1.54) is 0 Å². The summed E-state index contributed by atoms with van der Waals surface area (Å²) in [6, 6.07) is 9.76. The highest BCUT2D eigenvalue weighted by Crippen LogP contribution is 2.05. The Kier molecular flexibility index (Phi) is 9.86. The van der Waals surface area contributed by atoms with Crippen molar-refractivity contribution in [2.24, 2.45) is 5.92 Å². The van der Waals surface area contributed by atoms with E-state index in [1.807, 2.05) is 35.2 Å². The molecule has 5 heteroatoms. The van der Waals surface area contributed by atoms with Gasteiger partial charge in [-0.05, 0) is 18.1 Å². The first kappa shape index (κ1) is 18.7. The Morgan fingerprint density at radius 1 is 1.30 bits per heavy atom. The van der Waals surface area contributed by atoms with Gasteiger partial charge < -0.3 is 15.0 Å². The molecule has 4 nitrogen and oxygen atoms in total. The van der Waals surface area contributed by atoms with Crippen molar-refractivity contribution in [2.45, 2.75) is 13.8 Å². The number of hydrogen-bond acceptors (Lipinski definition) is 3. The molecule has 1 aromatic carbocycles. The highest BCUT2D eigenvalue weighted by molar-refractivity contribution is 5.85. The number of para-hydroxylation sites is 1. The van der Waals surface area contributed by atoms with Crippen molar-refractivity contribution in [2.75, 3.05) is 38.7 Å². The van der Waals surface area contributed by atoms with Crippen molar-refractivity contribution in [1.29, 1.82) is 0 Å². The molecule has 0 fully saturated rings. The van der Waals surface area contributed by atoms with Crippen LogP contribution in [0, 0.1) is 5.92 Å². The van der Waals surface area contributed by atoms with Crippen LogP contribution in [0.5, 0.6) is 0 Å². The van der Waals surface area contributed by atoms with Gasteiger partial charge in [0.2, 0.25) is 5.91 Å². The van der Waals surface area contributed by atoms with Gasteiger partial charge in [-0.2, -0.15) is 0 Å². The molecule has 1 amide bonds. The normalized spacial score (nSPS) is 10.0. The van der Waals surface area contributed by atoms with Gasteiger partial charge >= 0.3 is 0 Å². The number of amides is 1. The summed E-state index contributed by atoms with van der Waals surface area (Å²) in [7, 11) is 1.65. The summed E-state index contributed by atoms with van der Waals surface area (Å²) in [4.78, 5) is 14.0. The predicted molar refractivity (Wildman–Crippen MR) is 85.5 cm³/mol. The van der Waals surface area contributed by atoms with Crippen molar-refractivity contribution in [1.82, 2.24) is 4.90 Å². The van der Waals surface area contributed by atoms with E-state index in [9.17, 15) is 4.79 Å². The van der Waals surface area contributed by atoms with Crippen LogP contribution < -0.4 is 5.32 Å². The molecule has 20 heavy (non-hydrogen) atoms. The maximum Gasteiger partial charge on any atom is 0.241 e. The number of hydrogen-bond donors (Lipinski definition) is 1. The lowest BCUT2D eigenvalue weighted by atomic mass is 10.2. The Morgan fingerprint density at radius 3 is 2.50 bits per heavy atom. The molecule has 0 aliphatic rings. The molecule has 0 aliphatic carbocycles. The molecule has 0 bridgehead atoms. The highest BCUT2D eigenvalue weighted by atomic mass is 35.5. The third kappa shape index (κ3) is 7.36. The minimum atomic E-state index is 0. The molecule has 1 N–H and O–H groups in total. The summed E-state index contributed by atoms with van der Waals surface area (Å²) in [5.74, 6) is 0.562. The summed E-state index contributed by atoms with van der Waals surface area (Å²) in [6.45, 7) is 6.52. The first-order valence-electron chi connectivity index (χ1n) is 6.69. The van der Waals surface area contributed by atoms with Crippen molar-refractivity contribution in [3.05, 3.63) is 30.3 Å². The number of nitrogens with zero attached hydrogens (tertiary/aromatic N) is 1. The molecule has 0 heterocycles. The number of nitrogens with one attached hydrogen (secondary N) is 1. The molecule has 0 saturated carbocycles. The Hall–Kier alpha value is -1.26. The molecule has 0 aliphatic heterocycles. The highest BCUT2D eigenvalue weighted by Gasteiger charge is 2.14. The number of carbonyl (C=O) groups is 1. The number of methoxy groups -OCH3 is 1. The van der Waals surface area contributed by atoms with Gasteiger partial charge in [0, 0.05) is 25.9 Å². The van der Waals surface area contributed by atoms with Gasteiger partial charge in [-0.25, -0.2) is 0 Å². The van der Waals surface area contributed by atoms with Gasteiger partial charge in [-0.3, -0.25) is 4.79 Å².